The van der Waals surface area contributed by atoms with E-state index in [0.717, 1.165) is 35.1 Å². The van der Waals surface area contributed by atoms with Gasteiger partial charge >= 0.3 is 6.18 Å². The highest BCUT2D eigenvalue weighted by molar-refractivity contribution is 5.31. The molecule has 130 valence electrons. The molecule has 0 aliphatic carbocycles. The lowest BCUT2D eigenvalue weighted by atomic mass is 10.3. The summed E-state index contributed by atoms with van der Waals surface area (Å²) >= 11 is 0. The molecule has 1 aromatic heterocycles. The average molecular weight is 341 g/mol. The minimum atomic E-state index is -4.48. The minimum Gasteiger partial charge on any atom is -0.494 e. The largest absolute Gasteiger partial charge is 0.494 e. The highest BCUT2D eigenvalue weighted by atomic mass is 19.4. The van der Waals surface area contributed by atoms with Crippen LogP contribution in [0.15, 0.2) is 47.4 Å². The van der Waals surface area contributed by atoms with Crippen LogP contribution >= 0.6 is 0 Å². The van der Waals surface area contributed by atoms with Gasteiger partial charge in [0.1, 0.15) is 18.1 Å². The number of ether oxygens (including phenoxy) is 2. The van der Waals surface area contributed by atoms with Crippen LogP contribution in [0, 0.1) is 0 Å². The Morgan fingerprint density at radius 3 is 2.08 bits per heavy atom. The second kappa shape index (κ2) is 7.90. The molecule has 4 nitrogen and oxygen atoms in total. The second-order valence-electron chi connectivity index (χ2n) is 5.12. The Kier molecular flexibility index (Phi) is 5.89. The van der Waals surface area contributed by atoms with Crippen molar-refractivity contribution in [3.05, 3.63) is 58.5 Å². The molecule has 0 radical (unpaired) electrons. The summed E-state index contributed by atoms with van der Waals surface area (Å²) in [5.74, 6) is 1.28. The van der Waals surface area contributed by atoms with Gasteiger partial charge in [0.25, 0.3) is 5.56 Å². The predicted molar refractivity (Wildman–Crippen MR) is 83.4 cm³/mol. The number of alkyl halides is 3. The molecular formula is C17H18F3NO3. The van der Waals surface area contributed by atoms with E-state index in [9.17, 15) is 18.0 Å². The van der Waals surface area contributed by atoms with E-state index in [1.807, 2.05) is 6.92 Å². The molecule has 2 rings (SSSR count). The van der Waals surface area contributed by atoms with E-state index in [1.165, 1.54) is 0 Å². The van der Waals surface area contributed by atoms with Gasteiger partial charge in [0, 0.05) is 12.3 Å². The maximum atomic E-state index is 12.7. The fourth-order valence-corrected chi connectivity index (χ4v) is 1.99. The number of hydrogen-bond acceptors (Lipinski definition) is 3. The summed E-state index contributed by atoms with van der Waals surface area (Å²) in [5, 5.41) is 0. The standard InChI is InChI=1S/C17H18F3NO3/c1-2-10-23-14-4-6-15(7-5-14)24-11-9-21-12-13(17(18,19)20)3-8-16(21)22/h3-8,12H,2,9-11H2,1H3. The molecular weight excluding hydrogens is 323 g/mol. The molecule has 0 saturated heterocycles. The zero-order chi connectivity index (χ0) is 17.6. The molecule has 0 saturated carbocycles. The van der Waals surface area contributed by atoms with Gasteiger partial charge in [-0.1, -0.05) is 6.92 Å². The zero-order valence-corrected chi connectivity index (χ0v) is 13.2. The molecule has 0 spiro atoms. The Labute approximate surface area is 137 Å². The summed E-state index contributed by atoms with van der Waals surface area (Å²) < 4.78 is 49.8. The van der Waals surface area contributed by atoms with Crippen LogP contribution in [0.25, 0.3) is 0 Å². The monoisotopic (exact) mass is 341 g/mol. The van der Waals surface area contributed by atoms with Crippen molar-refractivity contribution >= 4 is 0 Å². The van der Waals surface area contributed by atoms with Crippen molar-refractivity contribution in [3.63, 3.8) is 0 Å². The summed E-state index contributed by atoms with van der Waals surface area (Å²) in [5.41, 5.74) is -1.37. The van der Waals surface area contributed by atoms with Gasteiger partial charge in [-0.15, -0.1) is 0 Å². The van der Waals surface area contributed by atoms with Crippen LogP contribution in [-0.2, 0) is 12.7 Å². The number of nitrogens with zero attached hydrogens (tertiary/aromatic N) is 1. The third kappa shape index (κ3) is 5.04. The van der Waals surface area contributed by atoms with Crippen LogP contribution < -0.4 is 15.0 Å². The highest BCUT2D eigenvalue weighted by Gasteiger charge is 2.30. The number of aromatic nitrogens is 1. The number of hydrogen-bond donors (Lipinski definition) is 0. The normalized spacial score (nSPS) is 11.3. The van der Waals surface area contributed by atoms with E-state index in [1.54, 1.807) is 24.3 Å². The Hall–Kier alpha value is -2.44. The molecule has 2 aromatic rings. The Morgan fingerprint density at radius 2 is 1.54 bits per heavy atom. The van der Waals surface area contributed by atoms with Crippen molar-refractivity contribution in [1.82, 2.24) is 4.57 Å². The maximum Gasteiger partial charge on any atom is 0.417 e. The molecule has 0 fully saturated rings. The van der Waals surface area contributed by atoms with Crippen LogP contribution in [0.1, 0.15) is 18.9 Å². The number of halogens is 3. The molecule has 0 atom stereocenters. The molecule has 0 N–H and O–H groups in total. The number of rotatable bonds is 7. The summed E-state index contributed by atoms with van der Waals surface area (Å²) in [7, 11) is 0. The molecule has 0 unspecified atom stereocenters. The van der Waals surface area contributed by atoms with Gasteiger partial charge in [0.05, 0.1) is 18.7 Å². The number of pyridine rings is 1. The van der Waals surface area contributed by atoms with E-state index in [0.29, 0.717) is 12.4 Å². The zero-order valence-electron chi connectivity index (χ0n) is 13.2. The quantitative estimate of drug-likeness (QED) is 0.770. The summed E-state index contributed by atoms with van der Waals surface area (Å²) in [4.78, 5) is 11.6. The molecule has 0 amide bonds. The molecule has 1 heterocycles. The van der Waals surface area contributed by atoms with Crippen LogP contribution in [-0.4, -0.2) is 17.8 Å². The molecule has 0 aliphatic rings. The molecule has 7 heteroatoms. The summed E-state index contributed by atoms with van der Waals surface area (Å²) in [6.07, 6.45) is -2.78. The summed E-state index contributed by atoms with van der Waals surface area (Å²) in [6, 6.07) is 8.60. The first kappa shape index (κ1) is 17.9. The third-order valence-corrected chi connectivity index (χ3v) is 3.21. The molecule has 24 heavy (non-hydrogen) atoms. The van der Waals surface area contributed by atoms with Crippen molar-refractivity contribution in [2.45, 2.75) is 26.1 Å². The Morgan fingerprint density at radius 1 is 0.958 bits per heavy atom. The maximum absolute atomic E-state index is 12.7. The van der Waals surface area contributed by atoms with Gasteiger partial charge in [-0.3, -0.25) is 4.79 Å². The molecule has 0 aliphatic heterocycles. The lowest BCUT2D eigenvalue weighted by molar-refractivity contribution is -0.138. The predicted octanol–water partition coefficient (Wildman–Crippen LogP) is 3.73. The number of benzene rings is 1. The Bertz CT molecular complexity index is 708. The van der Waals surface area contributed by atoms with Gasteiger partial charge < -0.3 is 14.0 Å². The van der Waals surface area contributed by atoms with Crippen molar-refractivity contribution in [1.29, 1.82) is 0 Å². The molecule has 1 aromatic carbocycles. The van der Waals surface area contributed by atoms with E-state index in [2.05, 4.69) is 0 Å². The van der Waals surface area contributed by atoms with Gasteiger partial charge in [0.15, 0.2) is 0 Å². The van der Waals surface area contributed by atoms with E-state index in [-0.39, 0.29) is 13.2 Å². The van der Waals surface area contributed by atoms with Gasteiger partial charge in [-0.2, -0.15) is 13.2 Å². The Balaban J connectivity index is 1.93. The van der Waals surface area contributed by atoms with E-state index < -0.39 is 17.3 Å². The van der Waals surface area contributed by atoms with Gasteiger partial charge in [0.2, 0.25) is 0 Å². The van der Waals surface area contributed by atoms with Gasteiger partial charge in [-0.25, -0.2) is 0 Å². The highest BCUT2D eigenvalue weighted by Crippen LogP contribution is 2.28. The first-order valence-corrected chi connectivity index (χ1v) is 7.53. The van der Waals surface area contributed by atoms with Gasteiger partial charge in [-0.05, 0) is 36.8 Å². The molecule has 0 bridgehead atoms. The lowest BCUT2D eigenvalue weighted by Crippen LogP contribution is -2.24. The summed E-state index contributed by atoms with van der Waals surface area (Å²) in [6.45, 7) is 2.74. The van der Waals surface area contributed by atoms with Crippen LogP contribution in [0.4, 0.5) is 13.2 Å². The van der Waals surface area contributed by atoms with Crippen molar-refractivity contribution in [2.24, 2.45) is 0 Å². The third-order valence-electron chi connectivity index (χ3n) is 3.21. The van der Waals surface area contributed by atoms with E-state index in [4.69, 9.17) is 9.47 Å². The van der Waals surface area contributed by atoms with Crippen molar-refractivity contribution in [3.8, 4) is 11.5 Å². The smallest absolute Gasteiger partial charge is 0.417 e. The fraction of sp³-hybridized carbons (Fsp3) is 0.353. The van der Waals surface area contributed by atoms with Crippen LogP contribution in [0.3, 0.4) is 0 Å². The minimum absolute atomic E-state index is 0.0246. The lowest BCUT2D eigenvalue weighted by Gasteiger charge is -2.12. The van der Waals surface area contributed by atoms with Crippen LogP contribution in [0.2, 0.25) is 0 Å². The van der Waals surface area contributed by atoms with E-state index >= 15 is 0 Å². The average Bonchev–Trinajstić information content (AvgIpc) is 2.55. The van der Waals surface area contributed by atoms with Crippen molar-refractivity contribution < 1.29 is 22.6 Å². The fourth-order valence-electron chi connectivity index (χ4n) is 1.99. The first-order valence-electron chi connectivity index (χ1n) is 7.53. The topological polar surface area (TPSA) is 40.5 Å². The van der Waals surface area contributed by atoms with Crippen molar-refractivity contribution in [2.75, 3.05) is 13.2 Å². The SMILES string of the molecule is CCCOc1ccc(OCCn2cc(C(F)(F)F)ccc2=O)cc1. The van der Waals surface area contributed by atoms with Crippen LogP contribution in [0.5, 0.6) is 11.5 Å². The first-order chi connectivity index (χ1) is 11.4. The second-order valence-corrected chi connectivity index (χ2v) is 5.12.